The van der Waals surface area contributed by atoms with E-state index in [2.05, 4.69) is 23.7 Å². The Morgan fingerprint density at radius 2 is 2.31 bits per heavy atom. The molecule has 1 heterocycles. The van der Waals surface area contributed by atoms with Gasteiger partial charge in [-0.1, -0.05) is 0 Å². The van der Waals surface area contributed by atoms with E-state index in [0.29, 0.717) is 6.04 Å². The second kappa shape index (κ2) is 3.08. The molecule has 3 heteroatoms. The van der Waals surface area contributed by atoms with Gasteiger partial charge in [-0.2, -0.15) is 0 Å². The lowest BCUT2D eigenvalue weighted by atomic mass is 10.0. The summed E-state index contributed by atoms with van der Waals surface area (Å²) < 4.78 is 0. The van der Waals surface area contributed by atoms with Crippen molar-refractivity contribution in [1.29, 1.82) is 0 Å². The molecular formula is C10H16N2S. The first-order valence-corrected chi connectivity index (χ1v) is 5.55. The van der Waals surface area contributed by atoms with Crippen LogP contribution in [0.4, 0.5) is 0 Å². The number of nitrogens with two attached hydrogens (primary N) is 1. The average molecular weight is 196 g/mol. The maximum atomic E-state index is 6.21. The second-order valence-electron chi connectivity index (χ2n) is 3.92. The first-order valence-electron chi connectivity index (χ1n) is 4.67. The fraction of sp³-hybridized carbons (Fsp3) is 0.600. The van der Waals surface area contributed by atoms with E-state index in [4.69, 9.17) is 5.73 Å². The van der Waals surface area contributed by atoms with Crippen LogP contribution in [0.15, 0.2) is 11.4 Å². The van der Waals surface area contributed by atoms with E-state index >= 15 is 0 Å². The normalized spacial score (nSPS) is 21.5. The Kier molecular flexibility index (Phi) is 2.18. The summed E-state index contributed by atoms with van der Waals surface area (Å²) in [6.07, 6.45) is 2.30. The number of hydrogen-bond acceptors (Lipinski definition) is 3. The van der Waals surface area contributed by atoms with E-state index < -0.39 is 0 Å². The van der Waals surface area contributed by atoms with Crippen molar-refractivity contribution in [3.8, 4) is 0 Å². The Balaban J connectivity index is 2.27. The topological polar surface area (TPSA) is 38.0 Å². The minimum atomic E-state index is 0.0321. The smallest absolute Gasteiger partial charge is 0.0597 e. The second-order valence-corrected chi connectivity index (χ2v) is 4.87. The van der Waals surface area contributed by atoms with Crippen molar-refractivity contribution in [1.82, 2.24) is 5.32 Å². The van der Waals surface area contributed by atoms with Gasteiger partial charge in [0.05, 0.1) is 6.04 Å². The molecule has 1 atom stereocenters. The third kappa shape index (κ3) is 1.52. The van der Waals surface area contributed by atoms with Gasteiger partial charge in [0.2, 0.25) is 0 Å². The number of thiophene rings is 1. The molecule has 13 heavy (non-hydrogen) atoms. The minimum Gasteiger partial charge on any atom is -0.323 e. The quantitative estimate of drug-likeness (QED) is 0.773. The van der Waals surface area contributed by atoms with Crippen molar-refractivity contribution in [2.75, 3.05) is 7.05 Å². The molecule has 0 spiro atoms. The molecule has 1 saturated carbocycles. The third-order valence-electron chi connectivity index (χ3n) is 2.85. The van der Waals surface area contributed by atoms with Crippen LogP contribution in [-0.2, 0) is 0 Å². The van der Waals surface area contributed by atoms with Gasteiger partial charge in [-0.05, 0) is 43.8 Å². The first kappa shape index (κ1) is 9.19. The molecule has 2 rings (SSSR count). The largest absolute Gasteiger partial charge is 0.323 e. The average Bonchev–Trinajstić information content (AvgIpc) is 2.69. The summed E-state index contributed by atoms with van der Waals surface area (Å²) in [5.74, 6) is 0. The van der Waals surface area contributed by atoms with Gasteiger partial charge < -0.3 is 11.1 Å². The lowest BCUT2D eigenvalue weighted by molar-refractivity contribution is 0.467. The van der Waals surface area contributed by atoms with Crippen LogP contribution in [-0.4, -0.2) is 12.6 Å². The van der Waals surface area contributed by atoms with Gasteiger partial charge in [0.15, 0.2) is 0 Å². The molecule has 1 unspecified atom stereocenters. The summed E-state index contributed by atoms with van der Waals surface area (Å²) in [4.78, 5) is 1.41. The third-order valence-corrected chi connectivity index (χ3v) is 3.94. The summed E-state index contributed by atoms with van der Waals surface area (Å²) in [6.45, 7) is 2.15. The molecule has 0 bridgehead atoms. The molecule has 72 valence electrons. The molecular weight excluding hydrogens is 180 g/mol. The zero-order valence-corrected chi connectivity index (χ0v) is 8.95. The van der Waals surface area contributed by atoms with Crippen LogP contribution in [0.5, 0.6) is 0 Å². The highest BCUT2D eigenvalue weighted by Crippen LogP contribution is 2.45. The Labute approximate surface area is 83.1 Å². The summed E-state index contributed by atoms with van der Waals surface area (Å²) in [5, 5.41) is 5.47. The standard InChI is InChI=1S/C10H16N2S/c1-7-3-6-13-8(7)9(12-2)10(11)4-5-10/h3,6,9,12H,4-5,11H2,1-2H3. The molecule has 0 amide bonds. The van der Waals surface area contributed by atoms with Gasteiger partial charge in [0.1, 0.15) is 0 Å². The molecule has 1 fully saturated rings. The summed E-state index contributed by atoms with van der Waals surface area (Å²) in [7, 11) is 2.00. The van der Waals surface area contributed by atoms with E-state index in [9.17, 15) is 0 Å². The zero-order valence-electron chi connectivity index (χ0n) is 8.13. The Morgan fingerprint density at radius 3 is 2.69 bits per heavy atom. The Bertz CT molecular complexity index is 302. The van der Waals surface area contributed by atoms with Gasteiger partial charge in [-0.25, -0.2) is 0 Å². The monoisotopic (exact) mass is 196 g/mol. The van der Waals surface area contributed by atoms with Crippen LogP contribution in [0.3, 0.4) is 0 Å². The molecule has 0 aromatic carbocycles. The van der Waals surface area contributed by atoms with Crippen molar-refractivity contribution in [3.63, 3.8) is 0 Å². The molecule has 3 N–H and O–H groups in total. The molecule has 0 aliphatic heterocycles. The van der Waals surface area contributed by atoms with Crippen molar-refractivity contribution >= 4 is 11.3 Å². The maximum absolute atomic E-state index is 6.21. The minimum absolute atomic E-state index is 0.0321. The van der Waals surface area contributed by atoms with Crippen LogP contribution < -0.4 is 11.1 Å². The molecule has 2 nitrogen and oxygen atoms in total. The van der Waals surface area contributed by atoms with Gasteiger partial charge in [0, 0.05) is 10.4 Å². The number of likely N-dealkylation sites (N-methyl/N-ethyl adjacent to an activating group) is 1. The van der Waals surface area contributed by atoms with E-state index in [0.717, 1.165) is 12.8 Å². The van der Waals surface area contributed by atoms with Crippen molar-refractivity contribution < 1.29 is 0 Å². The number of hydrogen-bond donors (Lipinski definition) is 2. The first-order chi connectivity index (χ1) is 6.17. The number of aryl methyl sites for hydroxylation is 1. The molecule has 1 aliphatic carbocycles. The lowest BCUT2D eigenvalue weighted by Gasteiger charge is -2.22. The van der Waals surface area contributed by atoms with Crippen LogP contribution in [0, 0.1) is 6.92 Å². The fourth-order valence-electron chi connectivity index (χ4n) is 1.79. The highest BCUT2D eigenvalue weighted by molar-refractivity contribution is 7.10. The van der Waals surface area contributed by atoms with E-state index in [-0.39, 0.29) is 5.54 Å². The van der Waals surface area contributed by atoms with E-state index in [1.165, 1.54) is 10.4 Å². The number of rotatable bonds is 3. The summed E-state index contributed by atoms with van der Waals surface area (Å²) >= 11 is 1.81. The SMILES string of the molecule is CNC(c1sccc1C)C1(N)CC1. The van der Waals surface area contributed by atoms with Crippen LogP contribution in [0.1, 0.15) is 29.3 Å². The van der Waals surface area contributed by atoms with Crippen molar-refractivity contribution in [2.45, 2.75) is 31.3 Å². The summed E-state index contributed by atoms with van der Waals surface area (Å²) in [6, 6.07) is 2.52. The molecule has 1 aliphatic rings. The van der Waals surface area contributed by atoms with Crippen LogP contribution in [0.25, 0.3) is 0 Å². The van der Waals surface area contributed by atoms with Crippen molar-refractivity contribution in [3.05, 3.63) is 21.9 Å². The highest BCUT2D eigenvalue weighted by atomic mass is 32.1. The predicted octanol–water partition coefficient (Wildman–Crippen LogP) is 1.81. The molecule has 1 aromatic heterocycles. The molecule has 1 aromatic rings. The maximum Gasteiger partial charge on any atom is 0.0597 e. The number of nitrogens with one attached hydrogen (secondary N) is 1. The van der Waals surface area contributed by atoms with Crippen LogP contribution >= 0.6 is 11.3 Å². The fourth-order valence-corrected chi connectivity index (χ4v) is 2.95. The van der Waals surface area contributed by atoms with Gasteiger partial charge >= 0.3 is 0 Å². The van der Waals surface area contributed by atoms with Gasteiger partial charge in [-0.15, -0.1) is 11.3 Å². The lowest BCUT2D eigenvalue weighted by Crippen LogP contribution is -2.38. The van der Waals surface area contributed by atoms with E-state index in [1.807, 2.05) is 7.05 Å². The Hall–Kier alpha value is -0.380. The Morgan fingerprint density at radius 1 is 1.62 bits per heavy atom. The molecule has 0 saturated heterocycles. The highest BCUT2D eigenvalue weighted by Gasteiger charge is 2.46. The van der Waals surface area contributed by atoms with Gasteiger partial charge in [0.25, 0.3) is 0 Å². The molecule has 0 radical (unpaired) electrons. The predicted molar refractivity (Wildman–Crippen MR) is 57.0 cm³/mol. The van der Waals surface area contributed by atoms with Gasteiger partial charge in [-0.3, -0.25) is 0 Å². The zero-order chi connectivity index (χ0) is 9.47. The summed E-state index contributed by atoms with van der Waals surface area (Å²) in [5.41, 5.74) is 7.60. The van der Waals surface area contributed by atoms with Crippen LogP contribution in [0.2, 0.25) is 0 Å². The van der Waals surface area contributed by atoms with Crippen molar-refractivity contribution in [2.24, 2.45) is 5.73 Å². The van der Waals surface area contributed by atoms with E-state index in [1.54, 1.807) is 11.3 Å².